The van der Waals surface area contributed by atoms with Crippen LogP contribution in [-0.4, -0.2) is 29.6 Å². The van der Waals surface area contributed by atoms with Gasteiger partial charge in [0.1, 0.15) is 0 Å². The highest BCUT2D eigenvalue weighted by Gasteiger charge is 2.18. The van der Waals surface area contributed by atoms with Crippen molar-refractivity contribution in [1.29, 1.82) is 0 Å². The van der Waals surface area contributed by atoms with Gasteiger partial charge >= 0.3 is 12.0 Å². The van der Waals surface area contributed by atoms with Crippen molar-refractivity contribution in [3.05, 3.63) is 46.4 Å². The molecule has 0 aliphatic rings. The lowest BCUT2D eigenvalue weighted by atomic mass is 10.2. The van der Waals surface area contributed by atoms with E-state index in [0.717, 1.165) is 4.31 Å². The molecule has 3 N–H and O–H groups in total. The summed E-state index contributed by atoms with van der Waals surface area (Å²) in [5.74, 6) is -1.40. The first-order chi connectivity index (χ1) is 13.2. The lowest BCUT2D eigenvalue weighted by molar-refractivity contribution is -0.139. The maximum Gasteiger partial charge on any atom is 0.341 e. The maximum atomic E-state index is 12.4. The Kier molecular flexibility index (Phi) is 7.38. The predicted octanol–water partition coefficient (Wildman–Crippen LogP) is 4.30. The van der Waals surface area contributed by atoms with Gasteiger partial charge in [0.05, 0.1) is 15.7 Å². The molecule has 0 heterocycles. The van der Waals surface area contributed by atoms with Crippen LogP contribution >= 0.6 is 36.0 Å². The van der Waals surface area contributed by atoms with E-state index < -0.39 is 18.6 Å². The molecule has 2 aromatic rings. The van der Waals surface area contributed by atoms with Gasteiger partial charge in [-0.25, -0.2) is 13.9 Å². The van der Waals surface area contributed by atoms with Gasteiger partial charge in [-0.2, -0.15) is 0 Å². The Morgan fingerprint density at radius 1 is 1.07 bits per heavy atom. The number of anilines is 3. The highest BCUT2D eigenvalue weighted by molar-refractivity contribution is 7.82. The van der Waals surface area contributed by atoms with E-state index in [1.54, 1.807) is 24.3 Å². The van der Waals surface area contributed by atoms with Crippen molar-refractivity contribution in [2.24, 2.45) is 0 Å². The summed E-state index contributed by atoms with van der Waals surface area (Å²) in [6.07, 6.45) is 0. The first-order valence-electron chi connectivity index (χ1n) is 7.68. The Morgan fingerprint density at radius 2 is 1.57 bits per heavy atom. The predicted molar refractivity (Wildman–Crippen MR) is 111 cm³/mol. The van der Waals surface area contributed by atoms with Crippen LogP contribution in [0.3, 0.4) is 0 Å². The number of amides is 3. The molecule has 148 valence electrons. The maximum absolute atomic E-state index is 12.4. The number of carbonyl (C=O) groups excluding carboxylic acids is 2. The molecule has 0 unspecified atom stereocenters. The molecule has 2 rings (SSSR count). The van der Waals surface area contributed by atoms with Crippen LogP contribution in [-0.2, 0) is 9.59 Å². The number of ether oxygens (including phenoxy) is 1. The highest BCUT2D eigenvalue weighted by Crippen LogP contribution is 2.37. The third-order valence-corrected chi connectivity index (χ3v) is 4.19. The average molecular weight is 444 g/mol. The second kappa shape index (κ2) is 9.54. The van der Waals surface area contributed by atoms with Crippen molar-refractivity contribution in [3.63, 3.8) is 0 Å². The third-order valence-electron chi connectivity index (χ3n) is 3.22. The van der Waals surface area contributed by atoms with E-state index in [-0.39, 0.29) is 27.4 Å². The summed E-state index contributed by atoms with van der Waals surface area (Å²) in [4.78, 5) is 34.0. The van der Waals surface area contributed by atoms with Crippen molar-refractivity contribution < 1.29 is 24.2 Å². The molecular weight excluding hydrogens is 429 g/mol. The van der Waals surface area contributed by atoms with E-state index in [1.807, 2.05) is 0 Å². The van der Waals surface area contributed by atoms with Gasteiger partial charge in [0.25, 0.3) is 0 Å². The Hall–Kier alpha value is -2.62. The zero-order valence-electron chi connectivity index (χ0n) is 14.4. The normalized spacial score (nSPS) is 10.1. The Morgan fingerprint density at radius 3 is 2.04 bits per heavy atom. The van der Waals surface area contributed by atoms with Gasteiger partial charge in [-0.05, 0) is 36.4 Å². The molecular formula is C17H15Cl2N3O5S. The van der Waals surface area contributed by atoms with Gasteiger partial charge in [0.15, 0.2) is 12.4 Å². The van der Waals surface area contributed by atoms with Crippen LogP contribution in [0.4, 0.5) is 21.9 Å². The molecule has 8 nitrogen and oxygen atoms in total. The standard InChI is InChI=1S/C17H15Cl2N3O5S/c1-9(23)20-10-2-4-11(5-3-10)21-17(26)22(28)12-6-13(18)16(14(19)7-12)27-8-15(24)25/h2-7,28H,8H2,1H3,(H,20,23)(H,21,26)(H,24,25). The topological polar surface area (TPSA) is 108 Å². The van der Waals surface area contributed by atoms with Gasteiger partial charge < -0.3 is 20.5 Å². The van der Waals surface area contributed by atoms with Crippen molar-refractivity contribution in [1.82, 2.24) is 0 Å². The van der Waals surface area contributed by atoms with Crippen molar-refractivity contribution in [3.8, 4) is 5.75 Å². The number of nitrogens with zero attached hydrogens (tertiary/aromatic N) is 1. The van der Waals surface area contributed by atoms with Crippen LogP contribution in [0.2, 0.25) is 10.0 Å². The number of rotatable bonds is 6. The first-order valence-corrected chi connectivity index (χ1v) is 8.84. The van der Waals surface area contributed by atoms with Crippen LogP contribution < -0.4 is 19.7 Å². The van der Waals surface area contributed by atoms with Gasteiger partial charge in [-0.3, -0.25) is 4.79 Å². The summed E-state index contributed by atoms with van der Waals surface area (Å²) < 4.78 is 5.99. The second-order valence-electron chi connectivity index (χ2n) is 5.42. The summed E-state index contributed by atoms with van der Waals surface area (Å²) >= 11 is 16.2. The highest BCUT2D eigenvalue weighted by atomic mass is 35.5. The number of thiol groups is 1. The fourth-order valence-electron chi connectivity index (χ4n) is 2.07. The zero-order valence-corrected chi connectivity index (χ0v) is 16.8. The molecule has 0 saturated heterocycles. The number of nitrogens with one attached hydrogen (secondary N) is 2. The first kappa shape index (κ1) is 21.7. The van der Waals surface area contributed by atoms with Crippen LogP contribution in [0.25, 0.3) is 0 Å². The SMILES string of the molecule is CC(=O)Nc1ccc(NC(=O)N(S)c2cc(Cl)c(OCC(=O)O)c(Cl)c2)cc1. The van der Waals surface area contributed by atoms with E-state index in [1.165, 1.54) is 19.1 Å². The smallest absolute Gasteiger partial charge is 0.341 e. The number of carbonyl (C=O) groups is 3. The van der Waals surface area contributed by atoms with Crippen LogP contribution in [0.5, 0.6) is 5.75 Å². The average Bonchev–Trinajstić information content (AvgIpc) is 2.61. The fourth-order valence-corrected chi connectivity index (χ4v) is 2.82. The number of benzene rings is 2. The molecule has 0 aliphatic heterocycles. The Bertz CT molecular complexity index is 885. The second-order valence-corrected chi connectivity index (χ2v) is 6.64. The third kappa shape index (κ3) is 5.95. The molecule has 0 aliphatic carbocycles. The quantitative estimate of drug-likeness (QED) is 0.497. The van der Waals surface area contributed by atoms with Crippen LogP contribution in [0, 0.1) is 0 Å². The zero-order chi connectivity index (χ0) is 20.8. The van der Waals surface area contributed by atoms with Crippen LogP contribution in [0.1, 0.15) is 6.92 Å². The minimum Gasteiger partial charge on any atom is -0.479 e. The molecule has 0 aromatic heterocycles. The van der Waals surface area contributed by atoms with E-state index in [2.05, 4.69) is 23.4 Å². The summed E-state index contributed by atoms with van der Waals surface area (Å²) in [5.41, 5.74) is 1.30. The lowest BCUT2D eigenvalue weighted by Gasteiger charge is -2.18. The lowest BCUT2D eigenvalue weighted by Crippen LogP contribution is -2.26. The molecule has 0 saturated carbocycles. The van der Waals surface area contributed by atoms with E-state index in [9.17, 15) is 14.4 Å². The summed E-state index contributed by atoms with van der Waals surface area (Å²) in [6, 6.07) is 8.58. The number of carboxylic acids is 1. The van der Waals surface area contributed by atoms with E-state index >= 15 is 0 Å². The van der Waals surface area contributed by atoms with Crippen molar-refractivity contribution in [2.75, 3.05) is 21.5 Å². The molecule has 0 spiro atoms. The minimum absolute atomic E-state index is 0.00909. The molecule has 0 radical (unpaired) electrons. The van der Waals surface area contributed by atoms with Crippen molar-refractivity contribution >= 4 is 71.0 Å². The monoisotopic (exact) mass is 443 g/mol. The molecule has 0 fully saturated rings. The summed E-state index contributed by atoms with van der Waals surface area (Å²) in [6.45, 7) is 0.779. The fraction of sp³-hybridized carbons (Fsp3) is 0.118. The van der Waals surface area contributed by atoms with E-state index in [0.29, 0.717) is 11.4 Å². The number of halogens is 2. The summed E-state index contributed by atoms with van der Waals surface area (Å²) in [7, 11) is 0. The largest absolute Gasteiger partial charge is 0.479 e. The number of urea groups is 1. The summed E-state index contributed by atoms with van der Waals surface area (Å²) in [5, 5.41) is 13.9. The van der Waals surface area contributed by atoms with Gasteiger partial charge in [0.2, 0.25) is 5.91 Å². The van der Waals surface area contributed by atoms with Gasteiger partial charge in [-0.15, -0.1) is 0 Å². The van der Waals surface area contributed by atoms with Crippen LogP contribution in [0.15, 0.2) is 36.4 Å². The number of aliphatic carboxylic acids is 1. The number of hydrogen-bond acceptors (Lipinski definition) is 5. The number of hydrogen-bond donors (Lipinski definition) is 4. The molecule has 0 bridgehead atoms. The Labute approximate surface area is 175 Å². The van der Waals surface area contributed by atoms with Crippen molar-refractivity contribution in [2.45, 2.75) is 6.92 Å². The van der Waals surface area contributed by atoms with Gasteiger partial charge in [0, 0.05) is 18.3 Å². The molecule has 28 heavy (non-hydrogen) atoms. The number of carboxylic acid groups (broad SMARTS) is 1. The molecule has 0 atom stereocenters. The van der Waals surface area contributed by atoms with E-state index in [4.69, 9.17) is 33.0 Å². The van der Waals surface area contributed by atoms with Gasteiger partial charge in [-0.1, -0.05) is 36.0 Å². The molecule has 3 amide bonds. The molecule has 2 aromatic carbocycles. The minimum atomic E-state index is -1.18. The Balaban J connectivity index is 2.10. The molecule has 11 heteroatoms.